The van der Waals surface area contributed by atoms with Crippen molar-refractivity contribution in [3.8, 4) is 0 Å². The number of nitrogens with zero attached hydrogens (tertiary/aromatic N) is 2. The molecule has 33 heavy (non-hydrogen) atoms. The number of hydrogen-bond acceptors (Lipinski definition) is 4. The number of hydrogen-bond donors (Lipinski definition) is 2. The maximum atomic E-state index is 13.5. The van der Waals surface area contributed by atoms with E-state index in [9.17, 15) is 18.4 Å². The monoisotopic (exact) mass is 460 g/mol. The Morgan fingerprint density at radius 2 is 1.27 bits per heavy atom. The first-order chi connectivity index (χ1) is 16.0. The molecule has 0 atom stereocenters. The van der Waals surface area contributed by atoms with Crippen LogP contribution in [-0.4, -0.2) is 53.0 Å². The predicted octanol–water partition coefficient (Wildman–Crippen LogP) is 3.02. The van der Waals surface area contributed by atoms with E-state index in [1.807, 2.05) is 4.90 Å². The lowest BCUT2D eigenvalue weighted by atomic mass is 9.96. The molecule has 2 aromatic carbocycles. The van der Waals surface area contributed by atoms with Gasteiger partial charge in [0.25, 0.3) is 0 Å². The SMILES string of the molecule is O=C(CCCCCCC(=O)N1CCN(C(c2ccc(F)cc2)c2ccc(F)cc2)CC1)[NH2+]O. The highest BCUT2D eigenvalue weighted by Gasteiger charge is 2.28. The lowest BCUT2D eigenvalue weighted by molar-refractivity contribution is -0.815. The second-order valence-corrected chi connectivity index (χ2v) is 8.43. The minimum atomic E-state index is -0.301. The number of unbranched alkanes of at least 4 members (excludes halogenated alkanes) is 3. The van der Waals surface area contributed by atoms with Gasteiger partial charge in [0, 0.05) is 32.6 Å². The maximum Gasteiger partial charge on any atom is 0.342 e. The van der Waals surface area contributed by atoms with Crippen molar-refractivity contribution in [1.82, 2.24) is 9.80 Å². The van der Waals surface area contributed by atoms with Crippen LogP contribution in [0.3, 0.4) is 0 Å². The second-order valence-electron chi connectivity index (χ2n) is 8.43. The van der Waals surface area contributed by atoms with Gasteiger partial charge in [0.15, 0.2) is 0 Å². The van der Waals surface area contributed by atoms with Gasteiger partial charge < -0.3 is 4.90 Å². The molecule has 0 aromatic heterocycles. The van der Waals surface area contributed by atoms with E-state index in [1.165, 1.54) is 24.3 Å². The van der Waals surface area contributed by atoms with Crippen molar-refractivity contribution in [1.29, 1.82) is 0 Å². The van der Waals surface area contributed by atoms with Crippen LogP contribution < -0.4 is 5.48 Å². The van der Waals surface area contributed by atoms with E-state index in [-0.39, 0.29) is 29.5 Å². The molecule has 178 valence electrons. The van der Waals surface area contributed by atoms with Crippen molar-refractivity contribution in [2.45, 2.75) is 44.6 Å². The molecule has 0 unspecified atom stereocenters. The molecule has 1 aliphatic rings. The van der Waals surface area contributed by atoms with Crippen LogP contribution in [0.2, 0.25) is 0 Å². The Hall–Kier alpha value is -2.68. The van der Waals surface area contributed by atoms with E-state index in [1.54, 1.807) is 24.3 Å². The van der Waals surface area contributed by atoms with E-state index in [4.69, 9.17) is 5.21 Å². The molecule has 8 heteroatoms. The number of nitrogens with two attached hydrogens (primary N) is 1. The van der Waals surface area contributed by atoms with E-state index in [2.05, 4.69) is 4.90 Å². The van der Waals surface area contributed by atoms with Crippen LogP contribution in [0.4, 0.5) is 8.78 Å². The highest BCUT2D eigenvalue weighted by molar-refractivity contribution is 5.76. The molecule has 6 nitrogen and oxygen atoms in total. The highest BCUT2D eigenvalue weighted by atomic mass is 19.1. The smallest absolute Gasteiger partial charge is 0.340 e. The molecule has 0 spiro atoms. The number of quaternary nitrogens is 1. The van der Waals surface area contributed by atoms with Crippen molar-refractivity contribution in [3.63, 3.8) is 0 Å². The third kappa shape index (κ3) is 7.42. The summed E-state index contributed by atoms with van der Waals surface area (Å²) in [5, 5.41) is 8.60. The summed E-state index contributed by atoms with van der Waals surface area (Å²) in [6.07, 6.45) is 4.06. The first kappa shape index (κ1) is 25.0. The molecule has 1 saturated heterocycles. The van der Waals surface area contributed by atoms with Gasteiger partial charge in [-0.2, -0.15) is 0 Å². The van der Waals surface area contributed by atoms with Gasteiger partial charge >= 0.3 is 5.91 Å². The third-order valence-corrected chi connectivity index (χ3v) is 6.11. The lowest BCUT2D eigenvalue weighted by Crippen LogP contribution is -2.84. The summed E-state index contributed by atoms with van der Waals surface area (Å²) in [5.74, 6) is -0.728. The van der Waals surface area contributed by atoms with Gasteiger partial charge in [-0.15, -0.1) is 5.48 Å². The van der Waals surface area contributed by atoms with Crippen molar-refractivity contribution < 1.29 is 29.1 Å². The first-order valence-corrected chi connectivity index (χ1v) is 11.5. The van der Waals surface area contributed by atoms with Crippen LogP contribution in [-0.2, 0) is 9.59 Å². The minimum absolute atomic E-state index is 0.134. The third-order valence-electron chi connectivity index (χ3n) is 6.11. The summed E-state index contributed by atoms with van der Waals surface area (Å²) >= 11 is 0. The molecule has 3 rings (SSSR count). The number of rotatable bonds is 10. The Bertz CT molecular complexity index is 853. The van der Waals surface area contributed by atoms with Crippen LogP contribution in [0.1, 0.15) is 55.7 Å². The zero-order valence-electron chi connectivity index (χ0n) is 18.8. The zero-order valence-corrected chi connectivity index (χ0v) is 18.8. The molecular formula is C25H32F2N3O3+. The molecule has 2 amide bonds. The number of benzene rings is 2. The van der Waals surface area contributed by atoms with Gasteiger partial charge in [-0.05, 0) is 48.2 Å². The minimum Gasteiger partial charge on any atom is -0.340 e. The molecule has 0 saturated carbocycles. The van der Waals surface area contributed by atoms with Crippen molar-refractivity contribution in [2.24, 2.45) is 0 Å². The average Bonchev–Trinajstić information content (AvgIpc) is 2.84. The molecule has 0 bridgehead atoms. The Morgan fingerprint density at radius 1 is 0.788 bits per heavy atom. The Kier molecular flexibility index (Phi) is 9.47. The topological polar surface area (TPSA) is 77.5 Å². The Balaban J connectivity index is 1.52. The molecule has 3 N–H and O–H groups in total. The first-order valence-electron chi connectivity index (χ1n) is 11.5. The molecule has 2 aromatic rings. The number of halogens is 2. The van der Waals surface area contributed by atoms with Gasteiger partial charge in [0.1, 0.15) is 11.6 Å². The number of carbonyl (C=O) groups is 2. The normalized spacial score (nSPS) is 14.6. The standard InChI is InChI=1S/C25H31F2N3O3/c26-21-11-7-19(8-12-21)25(20-9-13-22(27)14-10-20)30-17-15-29(16-18-30)24(32)6-4-2-1-3-5-23(31)28-33/h7-14,25,33H,1-6,15-18H2,(H,28,31)/p+1. The summed E-state index contributed by atoms with van der Waals surface area (Å²) in [6, 6.07) is 12.6. The summed E-state index contributed by atoms with van der Waals surface area (Å²) in [6.45, 7) is 2.56. The van der Waals surface area contributed by atoms with Crippen molar-refractivity contribution in [3.05, 3.63) is 71.3 Å². The number of primary amides is 1. The fraction of sp³-hybridized carbons (Fsp3) is 0.440. The number of carbonyl (C=O) groups excluding carboxylic acids is 2. The van der Waals surface area contributed by atoms with Gasteiger partial charge in [0.05, 0.1) is 12.5 Å². The average molecular weight is 461 g/mol. The number of piperazine rings is 1. The summed E-state index contributed by atoms with van der Waals surface area (Å²) < 4.78 is 27.0. The molecule has 1 aliphatic heterocycles. The van der Waals surface area contributed by atoms with Gasteiger partial charge in [0.2, 0.25) is 5.91 Å². The van der Waals surface area contributed by atoms with Crippen LogP contribution in [0.5, 0.6) is 0 Å². The predicted molar refractivity (Wildman–Crippen MR) is 119 cm³/mol. The number of hydroxylamine groups is 1. The molecular weight excluding hydrogens is 428 g/mol. The van der Waals surface area contributed by atoms with E-state index < -0.39 is 0 Å². The largest absolute Gasteiger partial charge is 0.342 e. The van der Waals surface area contributed by atoms with Crippen LogP contribution >= 0.6 is 0 Å². The zero-order chi connectivity index (χ0) is 23.6. The lowest BCUT2D eigenvalue weighted by Gasteiger charge is -2.40. The van der Waals surface area contributed by atoms with Crippen LogP contribution in [0.25, 0.3) is 0 Å². The maximum absolute atomic E-state index is 13.5. The van der Waals surface area contributed by atoms with Gasteiger partial charge in [-0.25, -0.2) is 18.8 Å². The molecule has 0 aliphatic carbocycles. The molecule has 1 fully saturated rings. The van der Waals surface area contributed by atoms with Crippen LogP contribution in [0.15, 0.2) is 48.5 Å². The Morgan fingerprint density at radius 3 is 1.76 bits per heavy atom. The summed E-state index contributed by atoms with van der Waals surface area (Å²) in [4.78, 5) is 27.8. The van der Waals surface area contributed by atoms with Gasteiger partial charge in [-0.1, -0.05) is 37.1 Å². The fourth-order valence-electron chi connectivity index (χ4n) is 4.29. The van der Waals surface area contributed by atoms with Gasteiger partial charge in [-0.3, -0.25) is 9.69 Å². The summed E-state index contributed by atoms with van der Waals surface area (Å²) in [7, 11) is 0. The summed E-state index contributed by atoms with van der Waals surface area (Å²) in [5.41, 5.74) is 2.47. The molecule has 1 heterocycles. The molecule has 0 radical (unpaired) electrons. The van der Waals surface area contributed by atoms with E-state index >= 15 is 0 Å². The second kappa shape index (κ2) is 12.5. The fourth-order valence-corrected chi connectivity index (χ4v) is 4.29. The van der Waals surface area contributed by atoms with E-state index in [0.717, 1.165) is 36.8 Å². The Labute approximate surface area is 193 Å². The van der Waals surface area contributed by atoms with Crippen molar-refractivity contribution >= 4 is 11.8 Å². The quantitative estimate of drug-likeness (QED) is 0.325. The highest BCUT2D eigenvalue weighted by Crippen LogP contribution is 2.30. The number of amides is 2. The van der Waals surface area contributed by atoms with Crippen molar-refractivity contribution in [2.75, 3.05) is 26.2 Å². The van der Waals surface area contributed by atoms with Crippen LogP contribution in [0, 0.1) is 11.6 Å². The van der Waals surface area contributed by atoms with E-state index in [0.29, 0.717) is 44.5 Å².